The number of methoxy groups -OCH3 is 1. The lowest BCUT2D eigenvalue weighted by molar-refractivity contribution is -0.183. The van der Waals surface area contributed by atoms with Gasteiger partial charge in [-0.25, -0.2) is 0 Å². The number of nitrogens with zero attached hydrogens (tertiary/aromatic N) is 1. The van der Waals surface area contributed by atoms with Gasteiger partial charge >= 0.3 is 5.97 Å². The Labute approximate surface area is 238 Å². The van der Waals surface area contributed by atoms with E-state index in [0.717, 1.165) is 29.1 Å². The average molecular weight is 573 g/mol. The SMILES string of the molecule is CC[C@@H](CSCc1ccccc1)N1C(=O)C(CC(=O)OC)O[C@H](c2cccc(Cl)c2)C1c1ccc(Cl)cc1. The van der Waals surface area contributed by atoms with E-state index in [1.807, 2.05) is 65.6 Å². The lowest BCUT2D eigenvalue weighted by Gasteiger charge is -2.48. The Morgan fingerprint density at radius 2 is 1.74 bits per heavy atom. The molecule has 2 unspecified atom stereocenters. The van der Waals surface area contributed by atoms with Crippen LogP contribution in [-0.2, 0) is 24.8 Å². The van der Waals surface area contributed by atoms with Gasteiger partial charge < -0.3 is 14.4 Å². The highest BCUT2D eigenvalue weighted by atomic mass is 35.5. The fourth-order valence-electron chi connectivity index (χ4n) is 4.76. The third kappa shape index (κ3) is 6.92. The van der Waals surface area contributed by atoms with Crippen molar-refractivity contribution in [1.29, 1.82) is 0 Å². The predicted molar refractivity (Wildman–Crippen MR) is 153 cm³/mol. The van der Waals surface area contributed by atoms with Gasteiger partial charge in [-0.2, -0.15) is 11.8 Å². The number of esters is 1. The molecule has 200 valence electrons. The number of rotatable bonds is 10. The maximum absolute atomic E-state index is 14.0. The molecule has 8 heteroatoms. The molecule has 4 atom stereocenters. The minimum Gasteiger partial charge on any atom is -0.469 e. The number of carbonyl (C=O) groups excluding carboxylic acids is 2. The topological polar surface area (TPSA) is 55.8 Å². The molecule has 1 aliphatic heterocycles. The summed E-state index contributed by atoms with van der Waals surface area (Å²) >= 11 is 14.4. The highest BCUT2D eigenvalue weighted by Crippen LogP contribution is 2.45. The van der Waals surface area contributed by atoms with Crippen molar-refractivity contribution in [2.75, 3.05) is 12.9 Å². The quantitative estimate of drug-likeness (QED) is 0.239. The number of ether oxygens (including phenoxy) is 2. The van der Waals surface area contributed by atoms with Gasteiger partial charge in [0.1, 0.15) is 12.2 Å². The van der Waals surface area contributed by atoms with Gasteiger partial charge in [-0.1, -0.05) is 84.7 Å². The van der Waals surface area contributed by atoms with Crippen LogP contribution in [0.25, 0.3) is 0 Å². The van der Waals surface area contributed by atoms with Gasteiger partial charge in [-0.05, 0) is 47.4 Å². The smallest absolute Gasteiger partial charge is 0.308 e. The molecule has 0 radical (unpaired) electrons. The highest BCUT2D eigenvalue weighted by molar-refractivity contribution is 7.98. The molecule has 5 nitrogen and oxygen atoms in total. The molecule has 1 amide bonds. The van der Waals surface area contributed by atoms with E-state index in [0.29, 0.717) is 10.0 Å². The highest BCUT2D eigenvalue weighted by Gasteiger charge is 2.47. The third-order valence-corrected chi connectivity index (χ3v) is 8.33. The molecule has 0 aromatic heterocycles. The van der Waals surface area contributed by atoms with E-state index < -0.39 is 24.2 Å². The van der Waals surface area contributed by atoms with Gasteiger partial charge in [0.05, 0.1) is 19.6 Å². The Balaban J connectivity index is 1.73. The van der Waals surface area contributed by atoms with Crippen LogP contribution in [0.2, 0.25) is 10.0 Å². The molecular formula is C30H31Cl2NO4S. The van der Waals surface area contributed by atoms with E-state index in [9.17, 15) is 9.59 Å². The second kappa shape index (κ2) is 13.5. The molecule has 0 bridgehead atoms. The molecule has 3 aromatic rings. The van der Waals surface area contributed by atoms with Crippen molar-refractivity contribution in [1.82, 2.24) is 4.90 Å². The normalized spacial score (nSPS) is 20.3. The monoisotopic (exact) mass is 571 g/mol. The second-order valence-electron chi connectivity index (χ2n) is 9.19. The van der Waals surface area contributed by atoms with Gasteiger partial charge in [-0.3, -0.25) is 9.59 Å². The fourth-order valence-corrected chi connectivity index (χ4v) is 6.30. The summed E-state index contributed by atoms with van der Waals surface area (Å²) in [7, 11) is 1.31. The molecule has 3 aromatic carbocycles. The Kier molecular flexibility index (Phi) is 10.1. The molecule has 1 fully saturated rings. The number of hydrogen-bond donors (Lipinski definition) is 0. The van der Waals surface area contributed by atoms with Gasteiger partial charge in [0.15, 0.2) is 0 Å². The van der Waals surface area contributed by atoms with E-state index >= 15 is 0 Å². The number of thioether (sulfide) groups is 1. The lowest BCUT2D eigenvalue weighted by atomic mass is 9.89. The zero-order valence-corrected chi connectivity index (χ0v) is 23.7. The molecule has 1 aliphatic rings. The van der Waals surface area contributed by atoms with Gasteiger partial charge in [-0.15, -0.1) is 0 Å². The molecule has 38 heavy (non-hydrogen) atoms. The van der Waals surface area contributed by atoms with Crippen molar-refractivity contribution >= 4 is 46.8 Å². The summed E-state index contributed by atoms with van der Waals surface area (Å²) in [5, 5.41) is 1.18. The summed E-state index contributed by atoms with van der Waals surface area (Å²) in [5.74, 6) is 0.851. The van der Waals surface area contributed by atoms with Crippen LogP contribution >= 0.6 is 35.0 Å². The Bertz CT molecular complexity index is 1220. The van der Waals surface area contributed by atoms with Gasteiger partial charge in [0.2, 0.25) is 0 Å². The minimum absolute atomic E-state index is 0.0948. The van der Waals surface area contributed by atoms with E-state index in [2.05, 4.69) is 19.1 Å². The van der Waals surface area contributed by atoms with Crippen molar-refractivity contribution in [3.05, 3.63) is 106 Å². The first-order valence-electron chi connectivity index (χ1n) is 12.6. The van der Waals surface area contributed by atoms with Crippen molar-refractivity contribution in [3.8, 4) is 0 Å². The first-order chi connectivity index (χ1) is 18.4. The van der Waals surface area contributed by atoms with E-state index in [4.69, 9.17) is 32.7 Å². The van der Waals surface area contributed by atoms with Crippen molar-refractivity contribution in [3.63, 3.8) is 0 Å². The Morgan fingerprint density at radius 3 is 2.39 bits per heavy atom. The third-order valence-electron chi connectivity index (χ3n) is 6.68. The molecule has 0 saturated carbocycles. The maximum Gasteiger partial charge on any atom is 0.308 e. The zero-order chi connectivity index (χ0) is 27.1. The summed E-state index contributed by atoms with van der Waals surface area (Å²) in [6.07, 6.45) is -0.937. The van der Waals surface area contributed by atoms with Crippen molar-refractivity contribution < 1.29 is 19.1 Å². The zero-order valence-electron chi connectivity index (χ0n) is 21.4. The van der Waals surface area contributed by atoms with Crippen LogP contribution in [0.4, 0.5) is 0 Å². The van der Waals surface area contributed by atoms with E-state index in [1.54, 1.807) is 17.8 Å². The number of carbonyl (C=O) groups is 2. The Hall–Kier alpha value is -2.51. The number of amides is 1. The number of halogens is 2. The Morgan fingerprint density at radius 1 is 1.00 bits per heavy atom. The number of benzene rings is 3. The van der Waals surface area contributed by atoms with Gasteiger partial charge in [0, 0.05) is 27.6 Å². The van der Waals surface area contributed by atoms with Crippen LogP contribution in [0.1, 0.15) is 48.6 Å². The summed E-state index contributed by atoms with van der Waals surface area (Å²) < 4.78 is 11.3. The van der Waals surface area contributed by atoms with Crippen LogP contribution in [-0.4, -0.2) is 41.8 Å². The van der Waals surface area contributed by atoms with Crippen LogP contribution in [0.3, 0.4) is 0 Å². The maximum atomic E-state index is 14.0. The predicted octanol–water partition coefficient (Wildman–Crippen LogP) is 7.28. The van der Waals surface area contributed by atoms with Crippen LogP contribution in [0.15, 0.2) is 78.9 Å². The van der Waals surface area contributed by atoms with Crippen LogP contribution < -0.4 is 0 Å². The minimum atomic E-state index is -0.969. The lowest BCUT2D eigenvalue weighted by Crippen LogP contribution is -2.55. The fraction of sp³-hybridized carbons (Fsp3) is 0.333. The van der Waals surface area contributed by atoms with Crippen molar-refractivity contribution in [2.24, 2.45) is 0 Å². The molecule has 0 N–H and O–H groups in total. The largest absolute Gasteiger partial charge is 0.469 e. The standard InChI is InChI=1S/C30H31Cl2NO4S/c1-3-25(19-38-18-20-8-5-4-6-9-20)33-28(21-12-14-23(31)15-13-21)29(22-10-7-11-24(32)16-22)37-26(30(33)35)17-27(34)36-2/h4-16,25-26,28-29H,3,17-19H2,1-2H3/t25-,26?,28?,29+/m0/s1. The van der Waals surface area contributed by atoms with Crippen LogP contribution in [0.5, 0.6) is 0 Å². The molecule has 1 heterocycles. The van der Waals surface area contributed by atoms with Crippen molar-refractivity contribution in [2.45, 2.75) is 49.8 Å². The molecular weight excluding hydrogens is 541 g/mol. The van der Waals surface area contributed by atoms with Gasteiger partial charge in [0.25, 0.3) is 5.91 Å². The second-order valence-corrected chi connectivity index (χ2v) is 11.1. The van der Waals surface area contributed by atoms with E-state index in [-0.39, 0.29) is 18.4 Å². The summed E-state index contributed by atoms with van der Waals surface area (Å²) in [5.41, 5.74) is 2.96. The molecule has 1 saturated heterocycles. The summed E-state index contributed by atoms with van der Waals surface area (Å²) in [4.78, 5) is 28.2. The summed E-state index contributed by atoms with van der Waals surface area (Å²) in [6, 6.07) is 24.7. The summed E-state index contributed by atoms with van der Waals surface area (Å²) in [6.45, 7) is 2.08. The molecule has 0 spiro atoms. The first kappa shape index (κ1) is 28.5. The number of morpholine rings is 1. The molecule has 4 rings (SSSR count). The van der Waals surface area contributed by atoms with Crippen LogP contribution in [0, 0.1) is 0 Å². The average Bonchev–Trinajstić information content (AvgIpc) is 2.93. The molecule has 0 aliphatic carbocycles. The van der Waals surface area contributed by atoms with E-state index in [1.165, 1.54) is 12.7 Å². The number of hydrogen-bond acceptors (Lipinski definition) is 5. The first-order valence-corrected chi connectivity index (χ1v) is 14.5.